The molecule has 2 amide bonds. The molecule has 1 aromatic carbocycles. The zero-order valence-corrected chi connectivity index (χ0v) is 19.3. The molecule has 0 bridgehead atoms. The maximum atomic E-state index is 13.4. The van der Waals surface area contributed by atoms with Crippen molar-refractivity contribution in [1.82, 2.24) is 15.1 Å². The number of ketones is 1. The number of hydrogen-bond donors (Lipinski definition) is 1. The maximum Gasteiger partial charge on any atom is 0.251 e. The van der Waals surface area contributed by atoms with Crippen molar-refractivity contribution in [3.63, 3.8) is 0 Å². The van der Waals surface area contributed by atoms with E-state index in [1.165, 1.54) is 0 Å². The Hall–Kier alpha value is -2.45. The van der Waals surface area contributed by atoms with E-state index in [-0.39, 0.29) is 36.2 Å². The first-order valence-corrected chi connectivity index (χ1v) is 11.7. The third-order valence-electron chi connectivity index (χ3n) is 7.16. The zero-order chi connectivity index (χ0) is 22.8. The minimum Gasteiger partial charge on any atom is -0.369 e. The van der Waals surface area contributed by atoms with Gasteiger partial charge in [0.05, 0.1) is 6.10 Å². The van der Waals surface area contributed by atoms with Crippen molar-refractivity contribution in [3.05, 3.63) is 29.8 Å². The van der Waals surface area contributed by atoms with E-state index >= 15 is 0 Å². The molecule has 8 nitrogen and oxygen atoms in total. The highest BCUT2D eigenvalue weighted by Crippen LogP contribution is 2.28. The SMILES string of the molecule is CC[C@@H](C)[C@H](NC(=O)c1ccc(N2CCN(C)CC2)cc1)C(=O)N1CC[C@H]2OCC(=O)[C@H]21. The Kier molecular flexibility index (Phi) is 6.81. The predicted octanol–water partition coefficient (Wildman–Crippen LogP) is 1.15. The van der Waals surface area contributed by atoms with Gasteiger partial charge >= 0.3 is 0 Å². The van der Waals surface area contributed by atoms with Gasteiger partial charge in [0.25, 0.3) is 5.91 Å². The van der Waals surface area contributed by atoms with Gasteiger partial charge in [-0.05, 0) is 43.7 Å². The third kappa shape index (κ3) is 4.52. The van der Waals surface area contributed by atoms with Crippen molar-refractivity contribution < 1.29 is 19.1 Å². The first-order valence-electron chi connectivity index (χ1n) is 11.7. The van der Waals surface area contributed by atoms with Gasteiger partial charge in [-0.2, -0.15) is 0 Å². The smallest absolute Gasteiger partial charge is 0.251 e. The van der Waals surface area contributed by atoms with Gasteiger partial charge in [-0.25, -0.2) is 0 Å². The quantitative estimate of drug-likeness (QED) is 0.712. The average molecular weight is 443 g/mol. The molecular formula is C24H34N4O4. The lowest BCUT2D eigenvalue weighted by Crippen LogP contribution is -2.54. The van der Waals surface area contributed by atoms with Crippen molar-refractivity contribution >= 4 is 23.3 Å². The average Bonchev–Trinajstić information content (AvgIpc) is 3.40. The molecule has 0 unspecified atom stereocenters. The molecule has 8 heteroatoms. The molecule has 4 atom stereocenters. The minimum absolute atomic E-state index is 0.0467. The molecule has 1 aromatic rings. The van der Waals surface area contributed by atoms with Gasteiger partial charge in [0.2, 0.25) is 5.91 Å². The number of hydrogen-bond acceptors (Lipinski definition) is 6. The van der Waals surface area contributed by atoms with Gasteiger partial charge in [-0.3, -0.25) is 14.4 Å². The number of anilines is 1. The molecule has 3 saturated heterocycles. The molecule has 32 heavy (non-hydrogen) atoms. The summed E-state index contributed by atoms with van der Waals surface area (Å²) in [5, 5.41) is 2.96. The lowest BCUT2D eigenvalue weighted by Gasteiger charge is -2.34. The fourth-order valence-corrected chi connectivity index (χ4v) is 4.82. The van der Waals surface area contributed by atoms with Crippen molar-refractivity contribution in [1.29, 1.82) is 0 Å². The van der Waals surface area contributed by atoms with Crippen molar-refractivity contribution in [2.24, 2.45) is 5.92 Å². The Morgan fingerprint density at radius 3 is 2.47 bits per heavy atom. The topological polar surface area (TPSA) is 82.2 Å². The Bertz CT molecular complexity index is 850. The van der Waals surface area contributed by atoms with Crippen molar-refractivity contribution in [3.8, 4) is 0 Å². The summed E-state index contributed by atoms with van der Waals surface area (Å²) in [5.74, 6) is -0.548. The highest BCUT2D eigenvalue weighted by molar-refractivity contribution is 5.99. The zero-order valence-electron chi connectivity index (χ0n) is 19.3. The normalized spacial score (nSPS) is 25.5. The number of carbonyl (C=O) groups is 3. The van der Waals surface area contributed by atoms with E-state index in [0.717, 1.165) is 38.3 Å². The van der Waals surface area contributed by atoms with E-state index in [1.54, 1.807) is 4.90 Å². The molecule has 4 rings (SSSR count). The molecular weight excluding hydrogens is 408 g/mol. The van der Waals surface area contributed by atoms with Crippen LogP contribution in [0.25, 0.3) is 0 Å². The summed E-state index contributed by atoms with van der Waals surface area (Å²) in [5.41, 5.74) is 1.63. The van der Waals surface area contributed by atoms with E-state index in [0.29, 0.717) is 18.5 Å². The molecule has 0 radical (unpaired) electrons. The summed E-state index contributed by atoms with van der Waals surface area (Å²) in [6.07, 6.45) is 1.20. The Balaban J connectivity index is 1.44. The molecule has 3 fully saturated rings. The number of amides is 2. The van der Waals surface area contributed by atoms with Crippen LogP contribution in [0.3, 0.4) is 0 Å². The van der Waals surface area contributed by atoms with Crippen LogP contribution in [0.5, 0.6) is 0 Å². The van der Waals surface area contributed by atoms with E-state index < -0.39 is 12.1 Å². The third-order valence-corrected chi connectivity index (χ3v) is 7.16. The molecule has 1 N–H and O–H groups in total. The number of fused-ring (bicyclic) bond motifs is 1. The lowest BCUT2D eigenvalue weighted by molar-refractivity contribution is -0.139. The van der Waals surface area contributed by atoms with E-state index in [2.05, 4.69) is 22.2 Å². The molecule has 0 aromatic heterocycles. The largest absolute Gasteiger partial charge is 0.369 e. The number of nitrogens with zero attached hydrogens (tertiary/aromatic N) is 3. The van der Waals surface area contributed by atoms with Gasteiger partial charge in [-0.1, -0.05) is 20.3 Å². The Morgan fingerprint density at radius 1 is 1.12 bits per heavy atom. The Morgan fingerprint density at radius 2 is 1.81 bits per heavy atom. The molecule has 0 saturated carbocycles. The number of likely N-dealkylation sites (N-methyl/N-ethyl adjacent to an activating group) is 1. The number of piperazine rings is 1. The summed E-state index contributed by atoms with van der Waals surface area (Å²) >= 11 is 0. The van der Waals surface area contributed by atoms with Gasteiger partial charge < -0.3 is 24.8 Å². The molecule has 3 aliphatic rings. The molecule has 0 spiro atoms. The first kappa shape index (κ1) is 22.7. The van der Waals surface area contributed by atoms with Crippen LogP contribution in [0.1, 0.15) is 37.0 Å². The second-order valence-electron chi connectivity index (χ2n) is 9.25. The highest BCUT2D eigenvalue weighted by atomic mass is 16.5. The first-order chi connectivity index (χ1) is 15.4. The number of rotatable bonds is 6. The summed E-state index contributed by atoms with van der Waals surface area (Å²) in [7, 11) is 2.12. The molecule has 3 aliphatic heterocycles. The van der Waals surface area contributed by atoms with Crippen LogP contribution in [0.2, 0.25) is 0 Å². The summed E-state index contributed by atoms with van der Waals surface area (Å²) < 4.78 is 5.52. The number of Topliss-reactive ketones (excluding diaryl/α,β-unsaturated/α-hetero) is 1. The Labute approximate surface area is 189 Å². The summed E-state index contributed by atoms with van der Waals surface area (Å²) in [4.78, 5) is 44.9. The van der Waals surface area contributed by atoms with Crippen LogP contribution in [-0.4, -0.2) is 92.0 Å². The van der Waals surface area contributed by atoms with Crippen LogP contribution in [-0.2, 0) is 14.3 Å². The summed E-state index contributed by atoms with van der Waals surface area (Å²) in [6, 6.07) is 6.41. The van der Waals surface area contributed by atoms with Gasteiger partial charge in [-0.15, -0.1) is 0 Å². The number of likely N-dealkylation sites (tertiary alicyclic amines) is 1. The van der Waals surface area contributed by atoms with Crippen LogP contribution in [0, 0.1) is 5.92 Å². The second-order valence-corrected chi connectivity index (χ2v) is 9.25. The van der Waals surface area contributed by atoms with Gasteiger partial charge in [0.1, 0.15) is 18.7 Å². The van der Waals surface area contributed by atoms with E-state index in [9.17, 15) is 14.4 Å². The number of benzene rings is 1. The van der Waals surface area contributed by atoms with E-state index in [4.69, 9.17) is 4.74 Å². The molecule has 0 aliphatic carbocycles. The predicted molar refractivity (Wildman–Crippen MR) is 122 cm³/mol. The monoisotopic (exact) mass is 442 g/mol. The van der Waals surface area contributed by atoms with Crippen LogP contribution >= 0.6 is 0 Å². The minimum atomic E-state index is -0.669. The van der Waals surface area contributed by atoms with E-state index in [1.807, 2.05) is 38.1 Å². The fourth-order valence-electron chi connectivity index (χ4n) is 4.82. The van der Waals surface area contributed by atoms with Gasteiger partial charge in [0.15, 0.2) is 5.78 Å². The van der Waals surface area contributed by atoms with Gasteiger partial charge in [0, 0.05) is 44.0 Å². The number of carbonyl (C=O) groups excluding carboxylic acids is 3. The number of ether oxygens (including phenoxy) is 1. The van der Waals surface area contributed by atoms with Crippen LogP contribution in [0.15, 0.2) is 24.3 Å². The molecule has 3 heterocycles. The van der Waals surface area contributed by atoms with Crippen molar-refractivity contribution in [2.75, 3.05) is 51.3 Å². The summed E-state index contributed by atoms with van der Waals surface area (Å²) in [6.45, 7) is 8.49. The fraction of sp³-hybridized carbons (Fsp3) is 0.625. The standard InChI is InChI=1S/C24H34N4O4/c1-4-16(2)21(24(31)28-10-9-20-22(28)19(29)15-32-20)25-23(30)17-5-7-18(8-6-17)27-13-11-26(3)12-14-27/h5-8,16,20-22H,4,9-15H2,1-3H3,(H,25,30)/t16-,20-,21+,22-/m1/s1. The van der Waals surface area contributed by atoms with Crippen molar-refractivity contribution in [2.45, 2.75) is 44.9 Å². The highest BCUT2D eigenvalue weighted by Gasteiger charge is 2.48. The molecule has 174 valence electrons. The van der Waals surface area contributed by atoms with Crippen LogP contribution < -0.4 is 10.2 Å². The number of nitrogens with one attached hydrogen (secondary N) is 1. The second kappa shape index (κ2) is 9.58. The lowest BCUT2D eigenvalue weighted by atomic mass is 9.96. The maximum absolute atomic E-state index is 13.4. The van der Waals surface area contributed by atoms with Crippen LogP contribution in [0.4, 0.5) is 5.69 Å².